The molecule has 0 aliphatic carbocycles. The molecule has 3 N–H and O–H groups in total. The molecule has 4 aromatic rings. The summed E-state index contributed by atoms with van der Waals surface area (Å²) in [6, 6.07) is 19.4. The van der Waals surface area contributed by atoms with Gasteiger partial charge in [-0.25, -0.2) is 4.79 Å². The van der Waals surface area contributed by atoms with Gasteiger partial charge >= 0.3 is 5.97 Å². The summed E-state index contributed by atoms with van der Waals surface area (Å²) < 4.78 is 4.93. The molecular formula is C26H22N6O4. The van der Waals surface area contributed by atoms with E-state index in [1.807, 2.05) is 24.3 Å². The number of para-hydroxylation sites is 2. The van der Waals surface area contributed by atoms with Crippen LogP contribution in [-0.2, 0) is 16.0 Å². The normalized spacial score (nSPS) is 11.2. The molecule has 0 bridgehead atoms. The molecule has 0 radical (unpaired) electrons. The van der Waals surface area contributed by atoms with Crippen molar-refractivity contribution in [2.75, 3.05) is 12.4 Å². The molecule has 0 unspecified atom stereocenters. The van der Waals surface area contributed by atoms with E-state index < -0.39 is 23.8 Å². The maximum atomic E-state index is 13.2. The summed E-state index contributed by atoms with van der Waals surface area (Å²) in [5, 5.41) is 9.89. The predicted molar refractivity (Wildman–Crippen MR) is 135 cm³/mol. The number of amides is 2. The Hall–Kier alpha value is -5.08. The first-order valence-corrected chi connectivity index (χ1v) is 11.0. The maximum absolute atomic E-state index is 13.2. The highest BCUT2D eigenvalue weighted by molar-refractivity contribution is 6.11. The molecule has 10 heteroatoms. The lowest BCUT2D eigenvalue weighted by Crippen LogP contribution is -2.43. The Morgan fingerprint density at radius 3 is 2.44 bits per heavy atom. The summed E-state index contributed by atoms with van der Waals surface area (Å²) in [4.78, 5) is 44.6. The Bertz CT molecular complexity index is 1490. The third-order valence-corrected chi connectivity index (χ3v) is 5.61. The highest BCUT2D eigenvalue weighted by Gasteiger charge is 2.25. The minimum absolute atomic E-state index is 0.150. The van der Waals surface area contributed by atoms with E-state index in [2.05, 4.69) is 25.6 Å². The van der Waals surface area contributed by atoms with Crippen molar-refractivity contribution < 1.29 is 19.1 Å². The number of methoxy groups -OCH3 is 1. The van der Waals surface area contributed by atoms with Crippen molar-refractivity contribution in [3.8, 4) is 0 Å². The molecule has 180 valence electrons. The number of esters is 1. The number of ether oxygens (including phenoxy) is 1. The smallest absolute Gasteiger partial charge is 0.328 e. The van der Waals surface area contributed by atoms with Gasteiger partial charge in [-0.15, -0.1) is 0 Å². The maximum Gasteiger partial charge on any atom is 0.328 e. The lowest BCUT2D eigenvalue weighted by Gasteiger charge is -2.18. The monoisotopic (exact) mass is 482 g/mol. The Morgan fingerprint density at radius 2 is 1.67 bits per heavy atom. The van der Waals surface area contributed by atoms with Gasteiger partial charge in [0.15, 0.2) is 0 Å². The standard InChI is InChI=1S/C26H22N6O4/c1-36-26(35)23(14-16-15-28-20-11-5-2-8-17(16)20)30-24(33)18-9-3-6-12-21(18)29-25(34)19-10-4-7-13-22(19)31-32-27/h2-13,15,23,28H,14H2,1H3,(H,29,34)(H,30,33)/t23-/m0/s1. The van der Waals surface area contributed by atoms with Crippen LogP contribution in [0, 0.1) is 0 Å². The van der Waals surface area contributed by atoms with Crippen LogP contribution in [0.1, 0.15) is 26.3 Å². The van der Waals surface area contributed by atoms with Crippen LogP contribution in [0.5, 0.6) is 0 Å². The van der Waals surface area contributed by atoms with Crippen molar-refractivity contribution in [3.63, 3.8) is 0 Å². The minimum Gasteiger partial charge on any atom is -0.467 e. The molecule has 0 saturated carbocycles. The lowest BCUT2D eigenvalue weighted by molar-refractivity contribution is -0.142. The van der Waals surface area contributed by atoms with E-state index in [-0.39, 0.29) is 28.9 Å². The Balaban J connectivity index is 1.57. The quantitative estimate of drug-likeness (QED) is 0.142. The van der Waals surface area contributed by atoms with Crippen molar-refractivity contribution in [1.82, 2.24) is 10.3 Å². The van der Waals surface area contributed by atoms with Gasteiger partial charge in [0, 0.05) is 34.0 Å². The fourth-order valence-corrected chi connectivity index (χ4v) is 3.87. The fraction of sp³-hybridized carbons (Fsp3) is 0.115. The second-order valence-corrected chi connectivity index (χ2v) is 7.82. The number of carbonyl (C=O) groups is 3. The van der Waals surface area contributed by atoms with Crippen molar-refractivity contribution in [1.29, 1.82) is 0 Å². The first kappa shape index (κ1) is 24.1. The first-order chi connectivity index (χ1) is 17.5. The van der Waals surface area contributed by atoms with Gasteiger partial charge in [0.1, 0.15) is 6.04 Å². The van der Waals surface area contributed by atoms with Crippen LogP contribution in [0.3, 0.4) is 0 Å². The van der Waals surface area contributed by atoms with Gasteiger partial charge in [-0.1, -0.05) is 53.6 Å². The number of fused-ring (bicyclic) bond motifs is 1. The van der Waals surface area contributed by atoms with Crippen LogP contribution in [0.25, 0.3) is 21.3 Å². The van der Waals surface area contributed by atoms with E-state index >= 15 is 0 Å². The van der Waals surface area contributed by atoms with Crippen LogP contribution < -0.4 is 10.6 Å². The Kier molecular flexibility index (Phi) is 7.28. The summed E-state index contributed by atoms with van der Waals surface area (Å²) in [6.07, 6.45) is 2.00. The molecule has 2 amide bonds. The van der Waals surface area contributed by atoms with Crippen LogP contribution in [0.15, 0.2) is 84.1 Å². The largest absolute Gasteiger partial charge is 0.467 e. The molecule has 1 aromatic heterocycles. The number of benzene rings is 3. The summed E-state index contributed by atoms with van der Waals surface area (Å²) in [5.41, 5.74) is 11.2. The van der Waals surface area contributed by atoms with Gasteiger partial charge in [-0.2, -0.15) is 0 Å². The highest BCUT2D eigenvalue weighted by Crippen LogP contribution is 2.23. The van der Waals surface area contributed by atoms with Crippen molar-refractivity contribution >= 4 is 40.1 Å². The van der Waals surface area contributed by atoms with Gasteiger partial charge in [-0.3, -0.25) is 9.59 Å². The zero-order valence-corrected chi connectivity index (χ0v) is 19.3. The summed E-state index contributed by atoms with van der Waals surface area (Å²) >= 11 is 0. The molecule has 0 aliphatic rings. The number of hydrogen-bond donors (Lipinski definition) is 3. The van der Waals surface area contributed by atoms with E-state index in [0.717, 1.165) is 16.5 Å². The number of anilines is 1. The topological polar surface area (TPSA) is 149 Å². The molecule has 3 aromatic carbocycles. The van der Waals surface area contributed by atoms with E-state index in [1.165, 1.54) is 25.3 Å². The number of azide groups is 1. The summed E-state index contributed by atoms with van der Waals surface area (Å²) in [7, 11) is 1.26. The van der Waals surface area contributed by atoms with Gasteiger partial charge in [0.05, 0.1) is 24.0 Å². The molecule has 0 fully saturated rings. The highest BCUT2D eigenvalue weighted by atomic mass is 16.5. The van der Waals surface area contributed by atoms with Crippen LogP contribution in [-0.4, -0.2) is 35.9 Å². The van der Waals surface area contributed by atoms with Crippen LogP contribution >= 0.6 is 0 Å². The fourth-order valence-electron chi connectivity index (χ4n) is 3.87. The Morgan fingerprint density at radius 1 is 0.972 bits per heavy atom. The average molecular weight is 483 g/mol. The lowest BCUT2D eigenvalue weighted by atomic mass is 10.0. The Labute approximate surface area is 205 Å². The number of aromatic amines is 1. The molecule has 36 heavy (non-hydrogen) atoms. The van der Waals surface area contributed by atoms with Gasteiger partial charge in [-0.05, 0) is 35.4 Å². The van der Waals surface area contributed by atoms with Gasteiger partial charge in [0.25, 0.3) is 11.8 Å². The molecular weight excluding hydrogens is 460 g/mol. The average Bonchev–Trinajstić information content (AvgIpc) is 3.31. The third kappa shape index (κ3) is 5.19. The molecule has 1 atom stereocenters. The molecule has 4 rings (SSSR count). The summed E-state index contributed by atoms with van der Waals surface area (Å²) in [5.74, 6) is -1.72. The SMILES string of the molecule is COC(=O)[C@H](Cc1c[nH]c2ccccc12)NC(=O)c1ccccc1NC(=O)c1ccccc1N=[N+]=[N-]. The number of aromatic nitrogens is 1. The number of carbonyl (C=O) groups excluding carboxylic acids is 3. The van der Waals surface area contributed by atoms with Crippen molar-refractivity contribution in [2.24, 2.45) is 5.11 Å². The molecule has 1 heterocycles. The number of hydrogen-bond acceptors (Lipinski definition) is 5. The van der Waals surface area contributed by atoms with E-state index in [4.69, 9.17) is 10.3 Å². The number of H-pyrrole nitrogens is 1. The molecule has 0 aliphatic heterocycles. The third-order valence-electron chi connectivity index (χ3n) is 5.61. The van der Waals surface area contributed by atoms with Crippen LogP contribution in [0.4, 0.5) is 11.4 Å². The van der Waals surface area contributed by atoms with E-state index in [9.17, 15) is 14.4 Å². The number of nitrogens with zero attached hydrogens (tertiary/aromatic N) is 3. The van der Waals surface area contributed by atoms with Crippen LogP contribution in [0.2, 0.25) is 0 Å². The van der Waals surface area contributed by atoms with E-state index in [0.29, 0.717) is 0 Å². The van der Waals surface area contributed by atoms with E-state index in [1.54, 1.807) is 36.5 Å². The molecule has 10 nitrogen and oxygen atoms in total. The zero-order valence-electron chi connectivity index (χ0n) is 19.3. The number of rotatable bonds is 8. The number of nitrogens with one attached hydrogen (secondary N) is 3. The van der Waals surface area contributed by atoms with Crippen molar-refractivity contribution in [3.05, 3.63) is 106 Å². The van der Waals surface area contributed by atoms with Gasteiger partial charge in [0.2, 0.25) is 0 Å². The van der Waals surface area contributed by atoms with Crippen molar-refractivity contribution in [2.45, 2.75) is 12.5 Å². The predicted octanol–water partition coefficient (Wildman–Crippen LogP) is 4.88. The molecule has 0 spiro atoms. The second-order valence-electron chi connectivity index (χ2n) is 7.82. The van der Waals surface area contributed by atoms with Gasteiger partial charge < -0.3 is 20.4 Å². The first-order valence-electron chi connectivity index (χ1n) is 11.0. The minimum atomic E-state index is -0.962. The second kappa shape index (κ2) is 10.9. The summed E-state index contributed by atoms with van der Waals surface area (Å²) in [6.45, 7) is 0. The molecule has 0 saturated heterocycles. The zero-order chi connectivity index (χ0) is 25.5.